The maximum atomic E-state index is 12.2. The molecule has 0 spiro atoms. The lowest BCUT2D eigenvalue weighted by Crippen LogP contribution is -2.27. The van der Waals surface area contributed by atoms with Gasteiger partial charge >= 0.3 is 0 Å². The molecule has 1 aromatic heterocycles. The van der Waals surface area contributed by atoms with Gasteiger partial charge in [0, 0.05) is 17.5 Å². The number of thiazole rings is 1. The molecule has 0 aliphatic heterocycles. The zero-order valence-corrected chi connectivity index (χ0v) is 17.4. The molecule has 0 aliphatic carbocycles. The zero-order valence-electron chi connectivity index (χ0n) is 15.0. The Kier molecular flexibility index (Phi) is 6.83. The van der Waals surface area contributed by atoms with Gasteiger partial charge in [-0.1, -0.05) is 48.0 Å². The molecule has 8 heteroatoms. The fourth-order valence-corrected chi connectivity index (χ4v) is 5.08. The molecule has 1 heterocycles. The highest BCUT2D eigenvalue weighted by Gasteiger charge is 2.14. The van der Waals surface area contributed by atoms with E-state index < -0.39 is 9.84 Å². The average molecular weight is 435 g/mol. The molecule has 0 bridgehead atoms. The van der Waals surface area contributed by atoms with Crippen LogP contribution in [0.5, 0.6) is 0 Å². The van der Waals surface area contributed by atoms with Gasteiger partial charge in [0.05, 0.1) is 27.8 Å². The van der Waals surface area contributed by atoms with Crippen molar-refractivity contribution in [1.29, 1.82) is 0 Å². The number of halogens is 1. The highest BCUT2D eigenvalue weighted by molar-refractivity contribution is 7.91. The first-order chi connectivity index (χ1) is 13.5. The van der Waals surface area contributed by atoms with Crippen LogP contribution in [0.4, 0.5) is 0 Å². The molecule has 0 aliphatic rings. The second-order valence-electron chi connectivity index (χ2n) is 6.14. The van der Waals surface area contributed by atoms with Crippen molar-refractivity contribution in [2.45, 2.75) is 17.7 Å². The van der Waals surface area contributed by atoms with Gasteiger partial charge < -0.3 is 5.32 Å². The normalized spacial score (nSPS) is 11.3. The summed E-state index contributed by atoms with van der Waals surface area (Å²) in [5.41, 5.74) is 1.50. The Labute approximate surface area is 173 Å². The van der Waals surface area contributed by atoms with Crippen LogP contribution in [0, 0.1) is 0 Å². The molecular weight excluding hydrogens is 416 g/mol. The van der Waals surface area contributed by atoms with Crippen LogP contribution in [0.15, 0.2) is 64.9 Å². The highest BCUT2D eigenvalue weighted by atomic mass is 35.5. The van der Waals surface area contributed by atoms with Crippen molar-refractivity contribution < 1.29 is 13.2 Å². The molecule has 0 fully saturated rings. The number of benzene rings is 2. The average Bonchev–Trinajstić information content (AvgIpc) is 3.14. The van der Waals surface area contributed by atoms with E-state index in [1.165, 1.54) is 11.3 Å². The topological polar surface area (TPSA) is 76.1 Å². The molecule has 2 aromatic carbocycles. The summed E-state index contributed by atoms with van der Waals surface area (Å²) in [6.07, 6.45) is 0.497. The lowest BCUT2D eigenvalue weighted by molar-refractivity contribution is -0.120. The number of amides is 1. The molecule has 3 aromatic rings. The number of hydrogen-bond donors (Lipinski definition) is 1. The van der Waals surface area contributed by atoms with Gasteiger partial charge in [0.25, 0.3) is 0 Å². The van der Waals surface area contributed by atoms with Gasteiger partial charge in [-0.25, -0.2) is 13.4 Å². The summed E-state index contributed by atoms with van der Waals surface area (Å²) in [5, 5.41) is 5.97. The zero-order chi connectivity index (χ0) is 20.0. The van der Waals surface area contributed by atoms with Crippen LogP contribution in [0.3, 0.4) is 0 Å². The first kappa shape index (κ1) is 20.5. The van der Waals surface area contributed by atoms with E-state index in [1.54, 1.807) is 36.4 Å². The number of nitrogens with one attached hydrogen (secondary N) is 1. The van der Waals surface area contributed by atoms with Crippen LogP contribution in [-0.4, -0.2) is 31.6 Å². The smallest absolute Gasteiger partial charge is 0.226 e. The van der Waals surface area contributed by atoms with Crippen molar-refractivity contribution in [1.82, 2.24) is 10.3 Å². The summed E-state index contributed by atoms with van der Waals surface area (Å²) in [6, 6.07) is 15.7. The van der Waals surface area contributed by atoms with E-state index in [1.807, 2.05) is 23.6 Å². The van der Waals surface area contributed by atoms with E-state index in [2.05, 4.69) is 10.3 Å². The molecule has 1 amide bonds. The summed E-state index contributed by atoms with van der Waals surface area (Å²) in [5.74, 6) is -0.196. The Morgan fingerprint density at radius 2 is 1.79 bits per heavy atom. The molecule has 0 unspecified atom stereocenters. The lowest BCUT2D eigenvalue weighted by Gasteiger charge is -2.06. The standard InChI is InChI=1S/C20H19ClN2O3S2/c21-18-10-5-4-9-17(18)20-23-15(14-27-20)13-19(24)22-11-6-12-28(25,26)16-7-2-1-3-8-16/h1-5,7-10,14H,6,11-13H2,(H,22,24). The summed E-state index contributed by atoms with van der Waals surface area (Å²) >= 11 is 7.61. The number of carbonyl (C=O) groups excluding carboxylic acids is 1. The van der Waals surface area contributed by atoms with Crippen molar-refractivity contribution in [3.63, 3.8) is 0 Å². The third-order valence-electron chi connectivity index (χ3n) is 4.01. The molecule has 0 saturated carbocycles. The molecule has 0 atom stereocenters. The fraction of sp³-hybridized carbons (Fsp3) is 0.200. The maximum absolute atomic E-state index is 12.2. The minimum Gasteiger partial charge on any atom is -0.356 e. The van der Waals surface area contributed by atoms with Gasteiger partial charge in [-0.2, -0.15) is 0 Å². The van der Waals surface area contributed by atoms with Crippen LogP contribution in [0.2, 0.25) is 5.02 Å². The molecule has 146 valence electrons. The quantitative estimate of drug-likeness (QED) is 0.544. The first-order valence-electron chi connectivity index (χ1n) is 8.69. The maximum Gasteiger partial charge on any atom is 0.226 e. The van der Waals surface area contributed by atoms with E-state index in [0.717, 1.165) is 10.6 Å². The minimum absolute atomic E-state index is 0.00928. The van der Waals surface area contributed by atoms with Crippen LogP contribution >= 0.6 is 22.9 Å². The van der Waals surface area contributed by atoms with E-state index in [4.69, 9.17) is 11.6 Å². The number of aromatic nitrogens is 1. The first-order valence-corrected chi connectivity index (χ1v) is 11.6. The van der Waals surface area contributed by atoms with Crippen molar-refractivity contribution in [2.24, 2.45) is 0 Å². The summed E-state index contributed by atoms with van der Waals surface area (Å²) < 4.78 is 24.4. The predicted molar refractivity (Wildman–Crippen MR) is 112 cm³/mol. The van der Waals surface area contributed by atoms with Gasteiger partial charge in [0.15, 0.2) is 9.84 Å². The molecule has 0 radical (unpaired) electrons. The highest BCUT2D eigenvalue weighted by Crippen LogP contribution is 2.30. The van der Waals surface area contributed by atoms with Crippen molar-refractivity contribution in [2.75, 3.05) is 12.3 Å². The third kappa shape index (κ3) is 5.41. The van der Waals surface area contributed by atoms with Crippen LogP contribution in [0.1, 0.15) is 12.1 Å². The van der Waals surface area contributed by atoms with Crippen molar-refractivity contribution in [3.05, 3.63) is 70.7 Å². The van der Waals surface area contributed by atoms with Crippen LogP contribution < -0.4 is 5.32 Å². The summed E-state index contributed by atoms with van der Waals surface area (Å²) in [4.78, 5) is 16.9. The molecule has 0 saturated heterocycles. The van der Waals surface area contributed by atoms with E-state index in [-0.39, 0.29) is 18.1 Å². The monoisotopic (exact) mass is 434 g/mol. The van der Waals surface area contributed by atoms with Gasteiger partial charge in [-0.05, 0) is 24.6 Å². The van der Waals surface area contributed by atoms with Gasteiger partial charge in [-0.15, -0.1) is 11.3 Å². The summed E-state index contributed by atoms with van der Waals surface area (Å²) in [6.45, 7) is 0.298. The second-order valence-corrected chi connectivity index (χ2v) is 9.51. The molecular formula is C20H19ClN2O3S2. The molecule has 28 heavy (non-hydrogen) atoms. The largest absolute Gasteiger partial charge is 0.356 e. The molecule has 5 nitrogen and oxygen atoms in total. The molecule has 1 N–H and O–H groups in total. The number of nitrogens with zero attached hydrogens (tertiary/aromatic N) is 1. The third-order valence-corrected chi connectivity index (χ3v) is 7.08. The number of carbonyl (C=O) groups is 1. The SMILES string of the molecule is O=C(Cc1csc(-c2ccccc2Cl)n1)NCCCS(=O)(=O)c1ccccc1. The predicted octanol–water partition coefficient (Wildman–Crippen LogP) is 3.99. The number of sulfone groups is 1. The Balaban J connectivity index is 1.47. The van der Waals surface area contributed by atoms with Crippen LogP contribution in [0.25, 0.3) is 10.6 Å². The van der Waals surface area contributed by atoms with Gasteiger partial charge in [-0.3, -0.25) is 4.79 Å². The van der Waals surface area contributed by atoms with Crippen molar-refractivity contribution in [3.8, 4) is 10.6 Å². The Morgan fingerprint density at radius 3 is 2.54 bits per heavy atom. The van der Waals surface area contributed by atoms with Crippen LogP contribution in [-0.2, 0) is 21.1 Å². The Bertz CT molecular complexity index is 1050. The number of rotatable bonds is 8. The van der Waals surface area contributed by atoms with Crippen molar-refractivity contribution >= 4 is 38.7 Å². The lowest BCUT2D eigenvalue weighted by atomic mass is 10.2. The van der Waals surface area contributed by atoms with E-state index in [9.17, 15) is 13.2 Å². The summed E-state index contributed by atoms with van der Waals surface area (Å²) in [7, 11) is -3.32. The Morgan fingerprint density at radius 1 is 1.07 bits per heavy atom. The molecule has 3 rings (SSSR count). The fourth-order valence-electron chi connectivity index (χ4n) is 2.61. The minimum atomic E-state index is -3.32. The second kappa shape index (κ2) is 9.32. The van der Waals surface area contributed by atoms with E-state index >= 15 is 0 Å². The Hall–Kier alpha value is -2.22. The van der Waals surface area contributed by atoms with Gasteiger partial charge in [0.2, 0.25) is 5.91 Å². The number of hydrogen-bond acceptors (Lipinski definition) is 5. The van der Waals surface area contributed by atoms with E-state index in [0.29, 0.717) is 28.6 Å². The van der Waals surface area contributed by atoms with Gasteiger partial charge in [0.1, 0.15) is 5.01 Å².